The molecule has 0 saturated heterocycles. The Hall–Kier alpha value is -2.57. The number of hydrogen-bond acceptors (Lipinski definition) is 4. The zero-order valence-electron chi connectivity index (χ0n) is 18.9. The smallest absolute Gasteiger partial charge is 0.191 e. The van der Waals surface area contributed by atoms with E-state index in [1.165, 1.54) is 24.8 Å². The molecule has 30 heavy (non-hydrogen) atoms. The molecule has 0 fully saturated rings. The minimum absolute atomic E-state index is 0.0879. The average Bonchev–Trinajstić information content (AvgIpc) is 2.97. The Morgan fingerprint density at radius 3 is 2.93 bits per heavy atom. The third kappa shape index (κ3) is 5.74. The lowest BCUT2D eigenvalue weighted by Crippen LogP contribution is -2.39. The number of methoxy groups -OCH3 is 1. The van der Waals surface area contributed by atoms with E-state index in [1.54, 1.807) is 7.11 Å². The Morgan fingerprint density at radius 1 is 1.27 bits per heavy atom. The van der Waals surface area contributed by atoms with Gasteiger partial charge in [-0.2, -0.15) is 0 Å². The molecule has 164 valence electrons. The van der Waals surface area contributed by atoms with Crippen molar-refractivity contribution in [3.63, 3.8) is 0 Å². The van der Waals surface area contributed by atoms with Crippen LogP contribution in [0.1, 0.15) is 68.3 Å². The lowest BCUT2D eigenvalue weighted by Gasteiger charge is -2.20. The SMILES string of the molecule is CCNC(=NCCCc1nnc2n1CCCCC2)NC(C)c1cc(C)ccc1OC. The van der Waals surface area contributed by atoms with E-state index in [-0.39, 0.29) is 6.04 Å². The Labute approximate surface area is 180 Å². The number of nitrogens with one attached hydrogen (secondary N) is 2. The summed E-state index contributed by atoms with van der Waals surface area (Å²) in [6, 6.07) is 6.34. The summed E-state index contributed by atoms with van der Waals surface area (Å²) in [6.07, 6.45) is 6.66. The Morgan fingerprint density at radius 2 is 2.13 bits per heavy atom. The number of nitrogens with zero attached hydrogens (tertiary/aromatic N) is 4. The molecule has 1 aromatic carbocycles. The van der Waals surface area contributed by atoms with Crippen molar-refractivity contribution in [2.75, 3.05) is 20.2 Å². The van der Waals surface area contributed by atoms with E-state index in [9.17, 15) is 0 Å². The van der Waals surface area contributed by atoms with Gasteiger partial charge in [0.1, 0.15) is 17.4 Å². The third-order valence-corrected chi connectivity index (χ3v) is 5.56. The first-order chi connectivity index (χ1) is 14.6. The molecule has 1 aromatic heterocycles. The fourth-order valence-corrected chi connectivity index (χ4v) is 3.95. The van der Waals surface area contributed by atoms with Gasteiger partial charge in [0.25, 0.3) is 0 Å². The molecule has 7 heteroatoms. The molecule has 1 aliphatic rings. The standard InChI is InChI=1S/C23H36N6O/c1-5-24-23(26-18(3)19-16-17(2)12-13-20(19)30-4)25-14-9-11-22-28-27-21-10-7-6-8-15-29(21)22/h12-13,16,18H,5-11,14-15H2,1-4H3,(H2,24,25,26). The van der Waals surface area contributed by atoms with Crippen molar-refractivity contribution in [1.29, 1.82) is 0 Å². The molecule has 2 heterocycles. The molecule has 1 unspecified atom stereocenters. The Balaban J connectivity index is 1.58. The minimum Gasteiger partial charge on any atom is -0.496 e. The maximum atomic E-state index is 5.54. The molecule has 1 atom stereocenters. The van der Waals surface area contributed by atoms with E-state index >= 15 is 0 Å². The molecule has 2 aromatic rings. The average molecular weight is 413 g/mol. The van der Waals surface area contributed by atoms with E-state index in [2.05, 4.69) is 58.3 Å². The lowest BCUT2D eigenvalue weighted by molar-refractivity contribution is 0.405. The van der Waals surface area contributed by atoms with Crippen molar-refractivity contribution in [2.45, 2.75) is 71.9 Å². The quantitative estimate of drug-likeness (QED) is 0.394. The van der Waals surface area contributed by atoms with Crippen molar-refractivity contribution in [1.82, 2.24) is 25.4 Å². The molecule has 0 amide bonds. The van der Waals surface area contributed by atoms with Gasteiger partial charge in [0.2, 0.25) is 0 Å². The van der Waals surface area contributed by atoms with E-state index in [1.807, 2.05) is 6.07 Å². The predicted octanol–water partition coefficient (Wildman–Crippen LogP) is 3.57. The molecule has 7 nitrogen and oxygen atoms in total. The molecule has 0 radical (unpaired) electrons. The Kier molecular flexibility index (Phi) is 8.11. The van der Waals surface area contributed by atoms with Crippen molar-refractivity contribution in [2.24, 2.45) is 4.99 Å². The highest BCUT2D eigenvalue weighted by Gasteiger charge is 2.15. The summed E-state index contributed by atoms with van der Waals surface area (Å²) in [5.74, 6) is 3.98. The summed E-state index contributed by atoms with van der Waals surface area (Å²) in [7, 11) is 1.71. The zero-order chi connectivity index (χ0) is 21.3. The van der Waals surface area contributed by atoms with E-state index in [4.69, 9.17) is 9.73 Å². The van der Waals surface area contributed by atoms with Gasteiger partial charge >= 0.3 is 0 Å². The van der Waals surface area contributed by atoms with E-state index in [0.717, 1.165) is 67.8 Å². The largest absolute Gasteiger partial charge is 0.496 e. The van der Waals surface area contributed by atoms with Crippen molar-refractivity contribution in [3.05, 3.63) is 41.0 Å². The third-order valence-electron chi connectivity index (χ3n) is 5.56. The van der Waals surface area contributed by atoms with Crippen LogP contribution < -0.4 is 15.4 Å². The lowest BCUT2D eigenvalue weighted by atomic mass is 10.0. The van der Waals surface area contributed by atoms with Crippen LogP contribution in [0.2, 0.25) is 0 Å². The zero-order valence-corrected chi connectivity index (χ0v) is 18.9. The highest BCUT2D eigenvalue weighted by atomic mass is 16.5. The summed E-state index contributed by atoms with van der Waals surface area (Å²) in [6.45, 7) is 8.94. The monoisotopic (exact) mass is 412 g/mol. The number of aromatic nitrogens is 3. The number of aryl methyl sites for hydroxylation is 3. The van der Waals surface area contributed by atoms with Gasteiger partial charge in [0.05, 0.1) is 13.2 Å². The van der Waals surface area contributed by atoms with Crippen LogP contribution in [0.25, 0.3) is 0 Å². The number of hydrogen-bond donors (Lipinski definition) is 2. The molecular weight excluding hydrogens is 376 g/mol. The second kappa shape index (κ2) is 11.0. The number of guanidine groups is 1. The van der Waals surface area contributed by atoms with Crippen LogP contribution in [-0.2, 0) is 19.4 Å². The molecule has 0 spiro atoms. The molecule has 0 saturated carbocycles. The van der Waals surface area contributed by atoms with Gasteiger partial charge in [-0.15, -0.1) is 10.2 Å². The highest BCUT2D eigenvalue weighted by Crippen LogP contribution is 2.26. The molecule has 0 bridgehead atoms. The number of fused-ring (bicyclic) bond motifs is 1. The summed E-state index contributed by atoms with van der Waals surface area (Å²) in [4.78, 5) is 4.78. The Bertz CT molecular complexity index is 844. The van der Waals surface area contributed by atoms with Gasteiger partial charge in [-0.3, -0.25) is 4.99 Å². The maximum absolute atomic E-state index is 5.54. The number of rotatable bonds is 8. The van der Waals surface area contributed by atoms with Gasteiger partial charge in [-0.25, -0.2) is 0 Å². The fourth-order valence-electron chi connectivity index (χ4n) is 3.95. The first-order valence-corrected chi connectivity index (χ1v) is 11.2. The summed E-state index contributed by atoms with van der Waals surface area (Å²) >= 11 is 0. The van der Waals surface area contributed by atoms with Crippen LogP contribution in [-0.4, -0.2) is 40.9 Å². The first-order valence-electron chi connectivity index (χ1n) is 11.2. The predicted molar refractivity (Wildman–Crippen MR) is 121 cm³/mol. The molecule has 1 aliphatic heterocycles. The fraction of sp³-hybridized carbons (Fsp3) is 0.609. The number of ether oxygens (including phenoxy) is 1. The van der Waals surface area contributed by atoms with Crippen molar-refractivity contribution < 1.29 is 4.74 Å². The van der Waals surface area contributed by atoms with Gasteiger partial charge in [0, 0.05) is 38.0 Å². The summed E-state index contributed by atoms with van der Waals surface area (Å²) < 4.78 is 7.87. The maximum Gasteiger partial charge on any atom is 0.191 e. The van der Waals surface area contributed by atoms with Crippen LogP contribution in [0.5, 0.6) is 5.75 Å². The number of benzene rings is 1. The first kappa shape index (κ1) is 22.1. The van der Waals surface area contributed by atoms with Crippen molar-refractivity contribution in [3.8, 4) is 5.75 Å². The molecular formula is C23H36N6O. The highest BCUT2D eigenvalue weighted by molar-refractivity contribution is 5.80. The number of aliphatic imine (C=N–C) groups is 1. The molecule has 0 aliphatic carbocycles. The summed E-state index contributed by atoms with van der Waals surface area (Å²) in [5, 5.41) is 15.7. The van der Waals surface area contributed by atoms with Crippen LogP contribution in [0.15, 0.2) is 23.2 Å². The minimum atomic E-state index is 0.0879. The van der Waals surface area contributed by atoms with E-state index in [0.29, 0.717) is 0 Å². The molecule has 2 N–H and O–H groups in total. The van der Waals surface area contributed by atoms with Gasteiger partial charge in [-0.05, 0) is 46.1 Å². The van der Waals surface area contributed by atoms with Gasteiger partial charge in [0.15, 0.2) is 5.96 Å². The summed E-state index contributed by atoms with van der Waals surface area (Å²) in [5.41, 5.74) is 2.35. The van der Waals surface area contributed by atoms with Gasteiger partial charge in [-0.1, -0.05) is 24.1 Å². The molecule has 3 rings (SSSR count). The topological polar surface area (TPSA) is 76.4 Å². The second-order valence-corrected chi connectivity index (χ2v) is 7.97. The van der Waals surface area contributed by atoms with Crippen LogP contribution >= 0.6 is 0 Å². The van der Waals surface area contributed by atoms with Crippen LogP contribution in [0.4, 0.5) is 0 Å². The van der Waals surface area contributed by atoms with E-state index < -0.39 is 0 Å². The second-order valence-electron chi connectivity index (χ2n) is 7.97. The van der Waals surface area contributed by atoms with Gasteiger partial charge < -0.3 is 19.9 Å². The normalized spacial score (nSPS) is 15.3. The van der Waals surface area contributed by atoms with Crippen LogP contribution in [0, 0.1) is 6.92 Å². The van der Waals surface area contributed by atoms with Crippen LogP contribution in [0.3, 0.4) is 0 Å². The van der Waals surface area contributed by atoms with Crippen molar-refractivity contribution >= 4 is 5.96 Å².